The third-order valence-corrected chi connectivity index (χ3v) is 7.86. The van der Waals surface area contributed by atoms with E-state index in [1.54, 1.807) is 10.6 Å². The highest BCUT2D eigenvalue weighted by Crippen LogP contribution is 2.55. The fraction of sp³-hybridized carbons (Fsp3) is 0.522. The van der Waals surface area contributed by atoms with Crippen molar-refractivity contribution in [2.24, 2.45) is 0 Å². The molecule has 1 heteroatoms. The molecule has 0 fully saturated rings. The Kier molecular flexibility index (Phi) is 5.04. The molecule has 0 spiro atoms. The highest BCUT2D eigenvalue weighted by atomic mass is 31.1. The molecule has 0 bridgehead atoms. The van der Waals surface area contributed by atoms with Gasteiger partial charge in [0.2, 0.25) is 0 Å². The number of benzene rings is 1. The lowest BCUT2D eigenvalue weighted by Gasteiger charge is -2.27. The second-order valence-corrected chi connectivity index (χ2v) is 12.1. The summed E-state index contributed by atoms with van der Waals surface area (Å²) in [6.45, 7) is 21.2. The smallest absolute Gasteiger partial charge is 0.0619 e. The van der Waals surface area contributed by atoms with Gasteiger partial charge in [0.15, 0.2) is 12.8 Å². The summed E-state index contributed by atoms with van der Waals surface area (Å²) in [4.78, 5) is 0. The summed E-state index contributed by atoms with van der Waals surface area (Å²) in [6, 6.07) is 16.1. The third kappa shape index (κ3) is 4.09. The van der Waals surface area contributed by atoms with Gasteiger partial charge < -0.3 is 0 Å². The van der Waals surface area contributed by atoms with Crippen LogP contribution < -0.4 is 0 Å². The van der Waals surface area contributed by atoms with Crippen LogP contribution in [0.4, 0.5) is 0 Å². The minimum absolute atomic E-state index is 0.169. The molecule has 1 heterocycles. The van der Waals surface area contributed by atoms with Crippen molar-refractivity contribution in [1.29, 1.82) is 0 Å². The maximum absolute atomic E-state index is 2.51. The van der Waals surface area contributed by atoms with E-state index < -0.39 is 7.53 Å². The van der Waals surface area contributed by atoms with E-state index in [0.29, 0.717) is 0 Å². The van der Waals surface area contributed by atoms with Crippen LogP contribution in [-0.2, 0) is 16.2 Å². The van der Waals surface area contributed by atoms with Crippen LogP contribution in [0.1, 0.15) is 78.5 Å². The van der Waals surface area contributed by atoms with E-state index in [0.717, 1.165) is 0 Å². The molecule has 0 saturated carbocycles. The zero-order valence-corrected chi connectivity index (χ0v) is 17.9. The SMILES string of the molecule is CC(C)(C)c1cc(C(C)(C)C)[p+](-c2ccccc2)c(C(C)(C)C)c1. The summed E-state index contributed by atoms with van der Waals surface area (Å²) < 4.78 is 0. The first-order valence-corrected chi connectivity index (χ1v) is 10.3. The fourth-order valence-electron chi connectivity index (χ4n) is 2.99. The maximum Gasteiger partial charge on any atom is 0.170 e. The molecule has 2 rings (SSSR count). The van der Waals surface area contributed by atoms with Gasteiger partial charge >= 0.3 is 0 Å². The Labute approximate surface area is 150 Å². The number of hydrogen-bond donors (Lipinski definition) is 0. The van der Waals surface area contributed by atoms with Gasteiger partial charge in [-0.3, -0.25) is 0 Å². The van der Waals surface area contributed by atoms with Gasteiger partial charge in [0.1, 0.15) is 10.6 Å². The van der Waals surface area contributed by atoms with Crippen molar-refractivity contribution in [2.45, 2.75) is 78.6 Å². The van der Waals surface area contributed by atoms with Crippen LogP contribution in [0.2, 0.25) is 0 Å². The molecule has 0 N–H and O–H groups in total. The Morgan fingerprint density at radius 1 is 0.583 bits per heavy atom. The van der Waals surface area contributed by atoms with Crippen LogP contribution in [0, 0.1) is 0 Å². The lowest BCUT2D eigenvalue weighted by Crippen LogP contribution is -2.19. The van der Waals surface area contributed by atoms with Crippen molar-refractivity contribution in [3.05, 3.63) is 58.6 Å². The van der Waals surface area contributed by atoms with Gasteiger partial charge in [-0.2, -0.15) is 0 Å². The minimum atomic E-state index is -0.442. The molecule has 0 saturated heterocycles. The van der Waals surface area contributed by atoms with Crippen molar-refractivity contribution in [3.8, 4) is 5.30 Å². The molecule has 0 aliphatic carbocycles. The molecule has 2 aromatic rings. The standard InChI is InChI=1S/C23H34P/c1-21(2,3)17-15-19(22(4,5)6)24(18-13-11-10-12-14-18)20(16-17)23(7,8)9/h10-16H,1-9H3/q+1. The summed E-state index contributed by atoms with van der Waals surface area (Å²) in [7, 11) is -0.442. The Morgan fingerprint density at radius 2 is 1.00 bits per heavy atom. The molecule has 0 aliphatic rings. The van der Waals surface area contributed by atoms with Crippen LogP contribution in [0.25, 0.3) is 5.30 Å². The normalized spacial score (nSPS) is 13.2. The van der Waals surface area contributed by atoms with E-state index in [1.165, 1.54) is 10.9 Å². The van der Waals surface area contributed by atoms with E-state index >= 15 is 0 Å². The third-order valence-electron chi connectivity index (χ3n) is 4.48. The number of rotatable bonds is 1. The van der Waals surface area contributed by atoms with Gasteiger partial charge in [0.05, 0.1) is 0 Å². The lowest BCUT2D eigenvalue weighted by atomic mass is 9.83. The fourth-order valence-corrected chi connectivity index (χ4v) is 6.15. The highest BCUT2D eigenvalue weighted by molar-refractivity contribution is 7.58. The van der Waals surface area contributed by atoms with Gasteiger partial charge in [-0.05, 0) is 35.2 Å². The van der Waals surface area contributed by atoms with Crippen LogP contribution in [0.3, 0.4) is 0 Å². The molecular weight excluding hydrogens is 307 g/mol. The second kappa shape index (κ2) is 6.30. The summed E-state index contributed by atoms with van der Waals surface area (Å²) in [5, 5.41) is 4.67. The van der Waals surface area contributed by atoms with Gasteiger partial charge in [-0.1, -0.05) is 80.5 Å². The van der Waals surface area contributed by atoms with E-state index in [2.05, 4.69) is 105 Å². The van der Waals surface area contributed by atoms with Gasteiger partial charge in [0, 0.05) is 10.8 Å². The molecule has 1 aromatic carbocycles. The predicted octanol–water partition coefficient (Wildman–Crippen LogP) is 7.84. The van der Waals surface area contributed by atoms with Crippen LogP contribution in [0.15, 0.2) is 42.5 Å². The molecule has 0 radical (unpaired) electrons. The van der Waals surface area contributed by atoms with E-state index in [-0.39, 0.29) is 16.2 Å². The van der Waals surface area contributed by atoms with Crippen LogP contribution in [-0.4, -0.2) is 0 Å². The molecule has 0 aliphatic heterocycles. The molecular formula is C23H34P+. The van der Waals surface area contributed by atoms with Crippen molar-refractivity contribution >= 4 is 7.53 Å². The maximum atomic E-state index is 2.51. The largest absolute Gasteiger partial charge is 0.170 e. The van der Waals surface area contributed by atoms with Crippen molar-refractivity contribution in [2.75, 3.05) is 0 Å². The van der Waals surface area contributed by atoms with Crippen molar-refractivity contribution in [1.82, 2.24) is 0 Å². The quantitative estimate of drug-likeness (QED) is 0.495. The van der Waals surface area contributed by atoms with Crippen LogP contribution >= 0.6 is 7.53 Å². The molecule has 0 amide bonds. The van der Waals surface area contributed by atoms with Crippen LogP contribution in [0.5, 0.6) is 0 Å². The zero-order valence-electron chi connectivity index (χ0n) is 17.0. The van der Waals surface area contributed by atoms with Crippen molar-refractivity contribution < 1.29 is 0 Å². The summed E-state index contributed by atoms with van der Waals surface area (Å²) >= 11 is 0. The first-order valence-electron chi connectivity index (χ1n) is 8.99. The monoisotopic (exact) mass is 341 g/mol. The van der Waals surface area contributed by atoms with E-state index in [1.807, 2.05) is 0 Å². The lowest BCUT2D eigenvalue weighted by molar-refractivity contribution is 0.564. The first kappa shape index (κ1) is 19.2. The van der Waals surface area contributed by atoms with Gasteiger partial charge in [-0.15, -0.1) is 0 Å². The van der Waals surface area contributed by atoms with Gasteiger partial charge in [-0.25, -0.2) is 0 Å². The second-order valence-electron chi connectivity index (χ2n) is 9.94. The minimum Gasteiger partial charge on any atom is -0.0619 e. The molecule has 0 nitrogen and oxygen atoms in total. The Hall–Kier alpha value is -1.13. The summed E-state index contributed by atoms with van der Waals surface area (Å²) in [5.74, 6) is 0. The molecule has 1 aromatic heterocycles. The first-order chi connectivity index (χ1) is 10.8. The van der Waals surface area contributed by atoms with Crippen molar-refractivity contribution in [3.63, 3.8) is 0 Å². The topological polar surface area (TPSA) is 0 Å². The summed E-state index contributed by atoms with van der Waals surface area (Å²) in [6.07, 6.45) is 0. The zero-order chi connectivity index (χ0) is 18.3. The van der Waals surface area contributed by atoms with Gasteiger partial charge in [0.25, 0.3) is 0 Å². The average molecular weight is 341 g/mol. The highest BCUT2D eigenvalue weighted by Gasteiger charge is 2.38. The van der Waals surface area contributed by atoms with E-state index in [9.17, 15) is 0 Å². The summed E-state index contributed by atoms with van der Waals surface area (Å²) in [5.41, 5.74) is 1.98. The average Bonchev–Trinajstić information content (AvgIpc) is 2.44. The Morgan fingerprint density at radius 3 is 1.33 bits per heavy atom. The molecule has 24 heavy (non-hydrogen) atoms. The molecule has 0 atom stereocenters. The Balaban J connectivity index is 2.94. The molecule has 130 valence electrons. The van der Waals surface area contributed by atoms with E-state index in [4.69, 9.17) is 0 Å². The predicted molar refractivity (Wildman–Crippen MR) is 111 cm³/mol. The number of hydrogen-bond acceptors (Lipinski definition) is 0. The Bertz CT molecular complexity index is 669. The molecule has 0 unspecified atom stereocenters.